The summed E-state index contributed by atoms with van der Waals surface area (Å²) in [5.74, 6) is -1.05. The van der Waals surface area contributed by atoms with Gasteiger partial charge in [0, 0.05) is 11.1 Å². The minimum atomic E-state index is -0.682. The highest BCUT2D eigenvalue weighted by Gasteiger charge is 2.22. The minimum absolute atomic E-state index is 0.101. The first kappa shape index (κ1) is 19.9. The highest BCUT2D eigenvalue weighted by Crippen LogP contribution is 2.31. The van der Waals surface area contributed by atoms with Crippen LogP contribution in [0.3, 0.4) is 0 Å². The van der Waals surface area contributed by atoms with Crippen molar-refractivity contribution in [2.45, 2.75) is 0 Å². The molecule has 0 unspecified atom stereocenters. The predicted molar refractivity (Wildman–Crippen MR) is 117 cm³/mol. The zero-order valence-corrected chi connectivity index (χ0v) is 16.2. The lowest BCUT2D eigenvalue weighted by atomic mass is 9.95. The number of nitrogens with zero attached hydrogens (tertiary/aromatic N) is 2. The molecule has 0 saturated carbocycles. The van der Waals surface area contributed by atoms with Gasteiger partial charge in [0.05, 0.1) is 11.9 Å². The smallest absolute Gasteiger partial charge is 0.267 e. The number of carbonyl (C=O) groups is 1. The van der Waals surface area contributed by atoms with Gasteiger partial charge in [-0.2, -0.15) is 10.2 Å². The quantitative estimate of drug-likeness (QED) is 0.384. The van der Waals surface area contributed by atoms with Crippen molar-refractivity contribution in [1.82, 2.24) is 15.6 Å². The number of rotatable bonds is 5. The molecule has 1 heterocycles. The Balaban J connectivity index is 1.76. The molecule has 0 spiro atoms. The number of hydrazone groups is 1. The monoisotopic (exact) mass is 412 g/mol. The summed E-state index contributed by atoms with van der Waals surface area (Å²) in [6.45, 7) is 0. The average molecular weight is 412 g/mol. The van der Waals surface area contributed by atoms with Crippen LogP contribution in [0.4, 0.5) is 4.39 Å². The number of carbonyl (C=O) groups excluding carboxylic acids is 1. The van der Waals surface area contributed by atoms with Crippen LogP contribution >= 0.6 is 0 Å². The molecule has 1 amide bonds. The maximum Gasteiger partial charge on any atom is 0.277 e. The highest BCUT2D eigenvalue weighted by molar-refractivity contribution is 6.03. The van der Waals surface area contributed by atoms with Crippen molar-refractivity contribution in [1.29, 1.82) is 0 Å². The van der Waals surface area contributed by atoms with Crippen LogP contribution in [-0.4, -0.2) is 22.3 Å². The van der Waals surface area contributed by atoms with Gasteiger partial charge in [0.2, 0.25) is 0 Å². The Morgan fingerprint density at radius 2 is 1.52 bits per heavy atom. The van der Waals surface area contributed by atoms with Gasteiger partial charge in [0.25, 0.3) is 11.5 Å². The van der Waals surface area contributed by atoms with E-state index in [1.165, 1.54) is 30.5 Å². The fraction of sp³-hybridized carbons (Fsp3) is 0. The number of amides is 1. The number of hydrogen-bond acceptors (Lipinski definition) is 4. The third kappa shape index (κ3) is 4.45. The number of halogens is 1. The summed E-state index contributed by atoms with van der Waals surface area (Å²) in [6, 6.07) is 24.0. The number of aromatic amines is 1. The van der Waals surface area contributed by atoms with E-state index in [1.807, 2.05) is 60.7 Å². The van der Waals surface area contributed by atoms with Crippen LogP contribution in [0.25, 0.3) is 22.4 Å². The first-order chi connectivity index (χ1) is 15.1. The Kier molecular flexibility index (Phi) is 5.75. The molecule has 31 heavy (non-hydrogen) atoms. The molecule has 7 heteroatoms. The molecule has 6 nitrogen and oxygen atoms in total. The van der Waals surface area contributed by atoms with Crippen molar-refractivity contribution in [3.05, 3.63) is 112 Å². The van der Waals surface area contributed by atoms with Crippen LogP contribution < -0.4 is 11.0 Å². The predicted octanol–water partition coefficient (Wildman–Crippen LogP) is 4.01. The minimum Gasteiger partial charge on any atom is -0.267 e. The summed E-state index contributed by atoms with van der Waals surface area (Å²) in [4.78, 5) is 25.6. The van der Waals surface area contributed by atoms with Crippen LogP contribution in [0.5, 0.6) is 0 Å². The fourth-order valence-electron chi connectivity index (χ4n) is 3.13. The van der Waals surface area contributed by atoms with Gasteiger partial charge >= 0.3 is 0 Å². The largest absolute Gasteiger partial charge is 0.277 e. The summed E-state index contributed by atoms with van der Waals surface area (Å²) in [6.07, 6.45) is 1.37. The van der Waals surface area contributed by atoms with E-state index in [4.69, 9.17) is 0 Å². The lowest BCUT2D eigenvalue weighted by Gasteiger charge is -2.12. The fourth-order valence-corrected chi connectivity index (χ4v) is 3.13. The zero-order valence-electron chi connectivity index (χ0n) is 16.2. The topological polar surface area (TPSA) is 87.2 Å². The van der Waals surface area contributed by atoms with Crippen molar-refractivity contribution in [2.75, 3.05) is 0 Å². The number of aromatic nitrogens is 2. The van der Waals surface area contributed by atoms with E-state index in [2.05, 4.69) is 20.7 Å². The molecule has 1 aromatic heterocycles. The number of H-pyrrole nitrogens is 1. The van der Waals surface area contributed by atoms with E-state index in [9.17, 15) is 14.0 Å². The van der Waals surface area contributed by atoms with E-state index in [0.717, 1.165) is 5.56 Å². The molecule has 2 N–H and O–H groups in total. The van der Waals surface area contributed by atoms with E-state index < -0.39 is 11.5 Å². The second-order valence-corrected chi connectivity index (χ2v) is 6.63. The first-order valence-electron chi connectivity index (χ1n) is 9.46. The van der Waals surface area contributed by atoms with Gasteiger partial charge in [0.1, 0.15) is 11.4 Å². The van der Waals surface area contributed by atoms with Crippen molar-refractivity contribution in [3.8, 4) is 22.4 Å². The molecule has 0 radical (unpaired) electrons. The summed E-state index contributed by atoms with van der Waals surface area (Å²) in [5.41, 5.74) is 4.55. The number of nitrogens with one attached hydrogen (secondary N) is 2. The number of benzene rings is 3. The standard InChI is InChI=1S/C24H17FN4O2/c25-19-13-11-16(12-14-19)15-26-28-23(30)21-20(17-7-3-1-4-8-17)22(27-29-24(21)31)18-9-5-2-6-10-18/h1-15H,(H,28,30)(H,29,31)/b26-15-. The van der Waals surface area contributed by atoms with Crippen LogP contribution in [0.2, 0.25) is 0 Å². The van der Waals surface area contributed by atoms with Crippen LogP contribution in [0.1, 0.15) is 15.9 Å². The molecule has 4 rings (SSSR count). The molecular formula is C24H17FN4O2. The van der Waals surface area contributed by atoms with Gasteiger partial charge in [-0.1, -0.05) is 72.8 Å². The third-order valence-electron chi connectivity index (χ3n) is 4.57. The normalized spacial score (nSPS) is 10.9. The Hall–Kier alpha value is -4.39. The molecular weight excluding hydrogens is 395 g/mol. The van der Waals surface area contributed by atoms with Gasteiger partial charge in [-0.3, -0.25) is 9.59 Å². The second kappa shape index (κ2) is 8.96. The molecule has 0 aliphatic rings. The molecule has 0 bridgehead atoms. The molecule has 4 aromatic rings. The Morgan fingerprint density at radius 1 is 0.903 bits per heavy atom. The summed E-state index contributed by atoms with van der Waals surface area (Å²) in [5, 5.41) is 10.5. The van der Waals surface area contributed by atoms with Crippen molar-refractivity contribution < 1.29 is 9.18 Å². The molecule has 0 aliphatic carbocycles. The van der Waals surface area contributed by atoms with Gasteiger partial charge in [-0.25, -0.2) is 14.9 Å². The second-order valence-electron chi connectivity index (χ2n) is 6.63. The number of hydrogen-bond donors (Lipinski definition) is 2. The van der Waals surface area contributed by atoms with Gasteiger partial charge < -0.3 is 0 Å². The summed E-state index contributed by atoms with van der Waals surface area (Å²) >= 11 is 0. The van der Waals surface area contributed by atoms with E-state index in [0.29, 0.717) is 22.4 Å². The lowest BCUT2D eigenvalue weighted by molar-refractivity contribution is 0.0954. The SMILES string of the molecule is O=C(N/N=C\c1ccc(F)cc1)c1c(-c2ccccc2)c(-c2ccccc2)n[nH]c1=O. The van der Waals surface area contributed by atoms with E-state index in [1.54, 1.807) is 0 Å². The van der Waals surface area contributed by atoms with E-state index >= 15 is 0 Å². The Morgan fingerprint density at radius 3 is 2.16 bits per heavy atom. The maximum absolute atomic E-state index is 13.0. The van der Waals surface area contributed by atoms with Crippen LogP contribution in [0, 0.1) is 5.82 Å². The molecule has 3 aromatic carbocycles. The van der Waals surface area contributed by atoms with Gasteiger partial charge in [-0.15, -0.1) is 0 Å². The van der Waals surface area contributed by atoms with Crippen LogP contribution in [0.15, 0.2) is 94.8 Å². The molecule has 0 atom stereocenters. The maximum atomic E-state index is 13.0. The molecule has 0 fully saturated rings. The highest BCUT2D eigenvalue weighted by atomic mass is 19.1. The van der Waals surface area contributed by atoms with Crippen molar-refractivity contribution in [3.63, 3.8) is 0 Å². The average Bonchev–Trinajstić information content (AvgIpc) is 2.81. The summed E-state index contributed by atoms with van der Waals surface area (Å²) < 4.78 is 13.0. The molecule has 152 valence electrons. The van der Waals surface area contributed by atoms with Gasteiger partial charge in [-0.05, 0) is 23.3 Å². The Labute approximate surface area is 177 Å². The van der Waals surface area contributed by atoms with Crippen LogP contribution in [-0.2, 0) is 0 Å². The lowest BCUT2D eigenvalue weighted by Crippen LogP contribution is -2.28. The van der Waals surface area contributed by atoms with Gasteiger partial charge in [0.15, 0.2) is 0 Å². The van der Waals surface area contributed by atoms with E-state index in [-0.39, 0.29) is 11.4 Å². The van der Waals surface area contributed by atoms with Crippen molar-refractivity contribution in [2.24, 2.45) is 5.10 Å². The first-order valence-corrected chi connectivity index (χ1v) is 9.46. The molecule has 0 saturated heterocycles. The molecule has 0 aliphatic heterocycles. The summed E-state index contributed by atoms with van der Waals surface area (Å²) in [7, 11) is 0. The van der Waals surface area contributed by atoms with Crippen molar-refractivity contribution >= 4 is 12.1 Å². The third-order valence-corrected chi connectivity index (χ3v) is 4.57. The zero-order chi connectivity index (χ0) is 21.6. The Bertz CT molecular complexity index is 1280.